The van der Waals surface area contributed by atoms with E-state index in [0.717, 1.165) is 54.9 Å². The van der Waals surface area contributed by atoms with Crippen molar-refractivity contribution in [3.05, 3.63) is 40.1 Å². The van der Waals surface area contributed by atoms with Crippen molar-refractivity contribution in [3.63, 3.8) is 0 Å². The highest BCUT2D eigenvalue weighted by Gasteiger charge is 2.29. The molecule has 222 valence electrons. The van der Waals surface area contributed by atoms with Crippen LogP contribution in [0.2, 0.25) is 25.7 Å². The van der Waals surface area contributed by atoms with E-state index >= 15 is 0 Å². The standard InChI is InChI=1S/C31H44BrN5O3Si/c1-31(2,3)40-30(38)36-14-8-10-23(19-36)34-29-33-18-21-9-7-11-25-27(28(21)35-29)24-13-12-22(32)17-26(24)37(25)20-39-15-16-41(4,5)6/h12-13,17-18,23H,7-11,14-16,19-20H2,1-6H3,(H,33,34,35)/t23-/m0/s1. The minimum atomic E-state index is -1.17. The molecular formula is C31H44BrN5O3Si. The third-order valence-electron chi connectivity index (χ3n) is 7.72. The molecule has 1 aromatic carbocycles. The molecule has 2 aromatic heterocycles. The van der Waals surface area contributed by atoms with Crippen molar-refractivity contribution in [3.8, 4) is 11.3 Å². The average molecular weight is 643 g/mol. The van der Waals surface area contributed by atoms with Crippen LogP contribution in [0.25, 0.3) is 22.2 Å². The van der Waals surface area contributed by atoms with Crippen LogP contribution < -0.4 is 5.32 Å². The maximum Gasteiger partial charge on any atom is 0.410 e. The van der Waals surface area contributed by atoms with Crippen molar-refractivity contribution in [1.29, 1.82) is 0 Å². The molecule has 1 amide bonds. The SMILES string of the molecule is CC(C)(C)OC(=O)N1CCC[C@H](Nc2ncc3c(n2)-c2c(n(COCC[Si](C)(C)C)c4cc(Br)ccc24)CCC3)C1. The molecule has 5 rings (SSSR count). The molecule has 8 nitrogen and oxygen atoms in total. The molecule has 1 atom stereocenters. The molecule has 1 aliphatic carbocycles. The van der Waals surface area contributed by atoms with E-state index < -0.39 is 13.7 Å². The van der Waals surface area contributed by atoms with Crippen LogP contribution >= 0.6 is 15.9 Å². The fourth-order valence-corrected chi connectivity index (χ4v) is 6.78. The number of aromatic nitrogens is 3. The molecule has 1 fully saturated rings. The van der Waals surface area contributed by atoms with Gasteiger partial charge in [-0.1, -0.05) is 41.6 Å². The highest BCUT2D eigenvalue weighted by atomic mass is 79.9. The number of anilines is 1. The van der Waals surface area contributed by atoms with Crippen LogP contribution in [0.4, 0.5) is 10.7 Å². The lowest BCUT2D eigenvalue weighted by atomic mass is 10.0. The fourth-order valence-electron chi connectivity index (χ4n) is 5.67. The minimum absolute atomic E-state index is 0.0663. The molecule has 2 aliphatic rings. The lowest BCUT2D eigenvalue weighted by Crippen LogP contribution is -2.47. The van der Waals surface area contributed by atoms with Gasteiger partial charge in [-0.3, -0.25) is 0 Å². The number of carbonyl (C=O) groups is 1. The number of hydrogen-bond donors (Lipinski definition) is 1. The van der Waals surface area contributed by atoms with Crippen LogP contribution in [-0.4, -0.2) is 64.9 Å². The third kappa shape index (κ3) is 7.32. The topological polar surface area (TPSA) is 81.5 Å². The summed E-state index contributed by atoms with van der Waals surface area (Å²) in [6.45, 7) is 15.5. The lowest BCUT2D eigenvalue weighted by Gasteiger charge is -2.34. The van der Waals surface area contributed by atoms with Crippen molar-refractivity contribution in [2.45, 2.75) is 96.9 Å². The van der Waals surface area contributed by atoms with Gasteiger partial charge in [-0.2, -0.15) is 0 Å². The summed E-state index contributed by atoms with van der Waals surface area (Å²) in [5.74, 6) is 0.608. The number of fused-ring (bicyclic) bond motifs is 5. The summed E-state index contributed by atoms with van der Waals surface area (Å²) in [4.78, 5) is 24.4. The van der Waals surface area contributed by atoms with E-state index in [-0.39, 0.29) is 12.1 Å². The molecule has 0 unspecified atom stereocenters. The molecule has 3 heterocycles. The quantitative estimate of drug-likeness (QED) is 0.213. The summed E-state index contributed by atoms with van der Waals surface area (Å²) < 4.78 is 15.3. The van der Waals surface area contributed by atoms with E-state index in [1.807, 2.05) is 27.0 Å². The summed E-state index contributed by atoms with van der Waals surface area (Å²) in [5.41, 5.74) is 5.31. The number of amides is 1. The molecule has 1 saturated heterocycles. The van der Waals surface area contributed by atoms with Gasteiger partial charge in [0, 0.05) is 61.1 Å². The Bertz CT molecular complexity index is 1410. The van der Waals surface area contributed by atoms with Crippen LogP contribution in [0.3, 0.4) is 0 Å². The van der Waals surface area contributed by atoms with Gasteiger partial charge in [-0.05, 0) is 76.6 Å². The highest BCUT2D eigenvalue weighted by Crippen LogP contribution is 2.40. The normalized spacial score (nSPS) is 17.6. The Hall–Kier alpha value is -2.43. The predicted molar refractivity (Wildman–Crippen MR) is 171 cm³/mol. The summed E-state index contributed by atoms with van der Waals surface area (Å²) >= 11 is 3.69. The average Bonchev–Trinajstić information content (AvgIpc) is 3.05. The van der Waals surface area contributed by atoms with Crippen molar-refractivity contribution >= 4 is 46.9 Å². The number of ether oxygens (including phenoxy) is 2. The maximum absolute atomic E-state index is 12.7. The molecule has 1 aliphatic heterocycles. The van der Waals surface area contributed by atoms with Crippen molar-refractivity contribution in [2.24, 2.45) is 0 Å². The first kappa shape index (κ1) is 30.0. The Morgan fingerprint density at radius 2 is 2.00 bits per heavy atom. The number of aryl methyl sites for hydroxylation is 1. The van der Waals surface area contributed by atoms with Crippen LogP contribution in [0.5, 0.6) is 0 Å². The summed E-state index contributed by atoms with van der Waals surface area (Å²) in [6, 6.07) is 7.71. The van der Waals surface area contributed by atoms with Crippen LogP contribution in [0.15, 0.2) is 28.9 Å². The maximum atomic E-state index is 12.7. The fraction of sp³-hybridized carbons (Fsp3) is 0.581. The number of rotatable bonds is 7. The molecule has 0 spiro atoms. The number of carbonyl (C=O) groups excluding carboxylic acids is 1. The van der Waals surface area contributed by atoms with E-state index in [0.29, 0.717) is 25.8 Å². The van der Waals surface area contributed by atoms with Gasteiger partial charge < -0.3 is 24.3 Å². The second kappa shape index (κ2) is 12.0. The summed E-state index contributed by atoms with van der Waals surface area (Å²) in [5, 5.41) is 4.74. The lowest BCUT2D eigenvalue weighted by molar-refractivity contribution is 0.0206. The highest BCUT2D eigenvalue weighted by molar-refractivity contribution is 9.10. The first-order valence-electron chi connectivity index (χ1n) is 14.9. The Labute approximate surface area is 253 Å². The number of nitrogens with zero attached hydrogens (tertiary/aromatic N) is 4. The second-order valence-electron chi connectivity index (χ2n) is 13.6. The molecule has 0 saturated carbocycles. The third-order valence-corrected chi connectivity index (χ3v) is 9.92. The number of benzene rings is 1. The Kier molecular flexibility index (Phi) is 8.83. The van der Waals surface area contributed by atoms with Gasteiger partial charge in [0.05, 0.1) is 11.2 Å². The van der Waals surface area contributed by atoms with E-state index in [1.165, 1.54) is 27.7 Å². The number of nitrogens with one attached hydrogen (secondary N) is 1. The zero-order valence-corrected chi connectivity index (χ0v) is 27.9. The molecule has 0 bridgehead atoms. The van der Waals surface area contributed by atoms with Crippen molar-refractivity contribution < 1.29 is 14.3 Å². The van der Waals surface area contributed by atoms with E-state index in [2.05, 4.69) is 63.7 Å². The van der Waals surface area contributed by atoms with Crippen LogP contribution in [0.1, 0.15) is 51.3 Å². The molecule has 41 heavy (non-hydrogen) atoms. The van der Waals surface area contributed by atoms with E-state index in [9.17, 15) is 4.79 Å². The number of likely N-dealkylation sites (tertiary alicyclic amines) is 1. The van der Waals surface area contributed by atoms with Gasteiger partial charge in [-0.25, -0.2) is 14.8 Å². The first-order chi connectivity index (χ1) is 19.4. The Balaban J connectivity index is 1.43. The summed E-state index contributed by atoms with van der Waals surface area (Å²) in [6.07, 6.45) is 6.53. The van der Waals surface area contributed by atoms with Gasteiger partial charge in [0.1, 0.15) is 12.3 Å². The predicted octanol–water partition coefficient (Wildman–Crippen LogP) is 7.47. The molecule has 10 heteroatoms. The zero-order valence-electron chi connectivity index (χ0n) is 25.3. The molecular weight excluding hydrogens is 598 g/mol. The Morgan fingerprint density at radius 3 is 2.76 bits per heavy atom. The van der Waals surface area contributed by atoms with E-state index in [1.54, 1.807) is 4.90 Å². The Morgan fingerprint density at radius 1 is 1.20 bits per heavy atom. The minimum Gasteiger partial charge on any atom is -0.444 e. The van der Waals surface area contributed by atoms with Crippen LogP contribution in [0, 0.1) is 0 Å². The van der Waals surface area contributed by atoms with Crippen molar-refractivity contribution in [1.82, 2.24) is 19.4 Å². The van der Waals surface area contributed by atoms with E-state index in [4.69, 9.17) is 19.4 Å². The number of piperidine rings is 1. The molecule has 1 N–H and O–H groups in total. The zero-order chi connectivity index (χ0) is 29.4. The van der Waals surface area contributed by atoms with Crippen LogP contribution in [-0.2, 0) is 29.0 Å². The number of halogens is 1. The number of hydrogen-bond acceptors (Lipinski definition) is 6. The van der Waals surface area contributed by atoms with Gasteiger partial charge >= 0.3 is 6.09 Å². The van der Waals surface area contributed by atoms with Gasteiger partial charge in [-0.15, -0.1) is 0 Å². The first-order valence-corrected chi connectivity index (χ1v) is 19.4. The summed E-state index contributed by atoms with van der Waals surface area (Å²) in [7, 11) is -1.17. The van der Waals surface area contributed by atoms with Gasteiger partial charge in [0.25, 0.3) is 0 Å². The van der Waals surface area contributed by atoms with Gasteiger partial charge in [0.15, 0.2) is 0 Å². The molecule has 0 radical (unpaired) electrons. The van der Waals surface area contributed by atoms with Gasteiger partial charge in [0.2, 0.25) is 5.95 Å². The monoisotopic (exact) mass is 641 g/mol. The second-order valence-corrected chi connectivity index (χ2v) is 20.1. The smallest absolute Gasteiger partial charge is 0.410 e. The largest absolute Gasteiger partial charge is 0.444 e. The molecule has 3 aromatic rings. The van der Waals surface area contributed by atoms with Crippen molar-refractivity contribution in [2.75, 3.05) is 25.0 Å².